The van der Waals surface area contributed by atoms with Gasteiger partial charge in [-0.3, -0.25) is 14.5 Å². The predicted octanol–water partition coefficient (Wildman–Crippen LogP) is 5.19. The number of hydrogen-bond acceptors (Lipinski definition) is 6. The van der Waals surface area contributed by atoms with E-state index in [4.69, 9.17) is 9.97 Å². The molecule has 1 aliphatic carbocycles. The summed E-state index contributed by atoms with van der Waals surface area (Å²) < 4.78 is 0. The Balaban J connectivity index is 1.48. The van der Waals surface area contributed by atoms with Crippen molar-refractivity contribution in [2.75, 3.05) is 6.54 Å². The van der Waals surface area contributed by atoms with E-state index in [0.29, 0.717) is 12.1 Å². The van der Waals surface area contributed by atoms with Crippen LogP contribution >= 0.6 is 23.1 Å². The average molecular weight is 452 g/mol. The fraction of sp³-hybridized carbons (Fsp3) is 0.417. The van der Waals surface area contributed by atoms with E-state index in [-0.39, 0.29) is 17.1 Å². The van der Waals surface area contributed by atoms with Crippen molar-refractivity contribution >= 4 is 45.1 Å². The van der Waals surface area contributed by atoms with Crippen molar-refractivity contribution in [3.05, 3.63) is 52.2 Å². The van der Waals surface area contributed by atoms with Crippen LogP contribution < -0.4 is 0 Å². The Labute approximate surface area is 190 Å². The third kappa shape index (κ3) is 4.01. The number of thiophene rings is 1. The van der Waals surface area contributed by atoms with Gasteiger partial charge in [0.1, 0.15) is 15.7 Å². The molecule has 2 aliphatic rings. The molecule has 31 heavy (non-hydrogen) atoms. The topological polar surface area (TPSA) is 63.2 Å². The smallest absolute Gasteiger partial charge is 0.260 e. The summed E-state index contributed by atoms with van der Waals surface area (Å²) in [5.74, 6) is 0.451. The van der Waals surface area contributed by atoms with Crippen molar-refractivity contribution in [2.45, 2.75) is 62.1 Å². The summed E-state index contributed by atoms with van der Waals surface area (Å²) in [5.41, 5.74) is 1.95. The third-order valence-corrected chi connectivity index (χ3v) is 8.48. The summed E-state index contributed by atoms with van der Waals surface area (Å²) in [5, 5.41) is 1.76. The molecule has 7 heteroatoms. The van der Waals surface area contributed by atoms with Gasteiger partial charge >= 0.3 is 0 Å². The number of imide groups is 1. The number of rotatable bonds is 3. The molecule has 1 atom stereocenters. The standard InChI is InChI=1S/C24H25N3O2S2/c1-15-25-21-20(17-11-5-6-12-18(17)30-21)22(26-15)31-19-13-7-8-14-27(24(19)29)23(28)16-9-3-2-4-10-16/h2-4,9-10,19H,5-8,11-14H2,1H3/t19-/m1/s1. The first-order valence-electron chi connectivity index (χ1n) is 11.0. The van der Waals surface area contributed by atoms with Crippen LogP contribution in [0.5, 0.6) is 0 Å². The predicted molar refractivity (Wildman–Crippen MR) is 125 cm³/mol. The lowest BCUT2D eigenvalue weighted by Gasteiger charge is -2.22. The molecule has 0 radical (unpaired) electrons. The second kappa shape index (κ2) is 8.71. The number of aryl methyl sites for hydroxylation is 3. The maximum atomic E-state index is 13.5. The maximum Gasteiger partial charge on any atom is 0.260 e. The lowest BCUT2D eigenvalue weighted by atomic mass is 9.97. The van der Waals surface area contributed by atoms with E-state index in [9.17, 15) is 9.59 Å². The fourth-order valence-corrected chi connectivity index (χ4v) is 7.18. The highest BCUT2D eigenvalue weighted by Crippen LogP contribution is 2.41. The van der Waals surface area contributed by atoms with Crippen LogP contribution in [-0.4, -0.2) is 38.5 Å². The van der Waals surface area contributed by atoms with Crippen LogP contribution in [0, 0.1) is 6.92 Å². The Hall–Kier alpha value is -2.25. The van der Waals surface area contributed by atoms with Crippen molar-refractivity contribution in [2.24, 2.45) is 0 Å². The Morgan fingerprint density at radius 1 is 1.10 bits per heavy atom. The molecule has 0 bridgehead atoms. The van der Waals surface area contributed by atoms with Gasteiger partial charge in [0.25, 0.3) is 5.91 Å². The number of thioether (sulfide) groups is 1. The molecule has 0 N–H and O–H groups in total. The molecule has 1 aliphatic heterocycles. The SMILES string of the molecule is Cc1nc(S[C@@H]2CCCCN(C(=O)c3ccccc3)C2=O)c2c3c(sc2n1)CCCC3. The van der Waals surface area contributed by atoms with Crippen LogP contribution in [-0.2, 0) is 17.6 Å². The molecule has 3 heterocycles. The summed E-state index contributed by atoms with van der Waals surface area (Å²) in [6.45, 7) is 2.40. The summed E-state index contributed by atoms with van der Waals surface area (Å²) in [6.07, 6.45) is 7.13. The molecule has 0 spiro atoms. The molecule has 2 aromatic heterocycles. The van der Waals surface area contributed by atoms with Crippen molar-refractivity contribution < 1.29 is 9.59 Å². The zero-order valence-electron chi connectivity index (χ0n) is 17.6. The Bertz CT molecular complexity index is 1140. The summed E-state index contributed by atoms with van der Waals surface area (Å²) in [4.78, 5) is 39.9. The summed E-state index contributed by atoms with van der Waals surface area (Å²) >= 11 is 3.32. The van der Waals surface area contributed by atoms with E-state index >= 15 is 0 Å². The van der Waals surface area contributed by atoms with Crippen molar-refractivity contribution in [3.8, 4) is 0 Å². The highest BCUT2D eigenvalue weighted by atomic mass is 32.2. The van der Waals surface area contributed by atoms with Gasteiger partial charge in [-0.05, 0) is 63.1 Å². The quantitative estimate of drug-likeness (QED) is 0.405. The highest BCUT2D eigenvalue weighted by Gasteiger charge is 2.33. The van der Waals surface area contributed by atoms with E-state index in [2.05, 4.69) is 0 Å². The summed E-state index contributed by atoms with van der Waals surface area (Å²) in [7, 11) is 0. The number of hydrogen-bond donors (Lipinski definition) is 0. The van der Waals surface area contributed by atoms with Crippen LogP contribution in [0.25, 0.3) is 10.2 Å². The molecule has 0 unspecified atom stereocenters. The Morgan fingerprint density at radius 2 is 1.90 bits per heavy atom. The van der Waals surface area contributed by atoms with E-state index in [1.165, 1.54) is 39.9 Å². The minimum absolute atomic E-state index is 0.0927. The first-order chi connectivity index (χ1) is 15.1. The largest absolute Gasteiger partial charge is 0.278 e. The Kier molecular flexibility index (Phi) is 5.80. The molecule has 1 saturated heterocycles. The molecule has 3 aromatic rings. The van der Waals surface area contributed by atoms with Crippen LogP contribution in [0.4, 0.5) is 0 Å². The van der Waals surface area contributed by atoms with Gasteiger partial charge in [0.15, 0.2) is 0 Å². The van der Waals surface area contributed by atoms with Crippen molar-refractivity contribution in [3.63, 3.8) is 0 Å². The van der Waals surface area contributed by atoms with E-state index in [1.807, 2.05) is 25.1 Å². The van der Waals surface area contributed by atoms with Gasteiger partial charge in [0, 0.05) is 22.4 Å². The lowest BCUT2D eigenvalue weighted by Crippen LogP contribution is -2.41. The van der Waals surface area contributed by atoms with Gasteiger partial charge in [-0.15, -0.1) is 11.3 Å². The van der Waals surface area contributed by atoms with Crippen LogP contribution in [0.3, 0.4) is 0 Å². The van der Waals surface area contributed by atoms with Gasteiger partial charge in [0.05, 0.1) is 5.25 Å². The fourth-order valence-electron chi connectivity index (χ4n) is 4.50. The minimum Gasteiger partial charge on any atom is -0.278 e. The van der Waals surface area contributed by atoms with Crippen LogP contribution in [0.1, 0.15) is 58.7 Å². The second-order valence-corrected chi connectivity index (χ2v) is 10.5. The monoisotopic (exact) mass is 451 g/mol. The van der Waals surface area contributed by atoms with Crippen molar-refractivity contribution in [1.29, 1.82) is 0 Å². The van der Waals surface area contributed by atoms with Gasteiger partial charge in [-0.1, -0.05) is 36.4 Å². The number of amides is 2. The Morgan fingerprint density at radius 3 is 2.74 bits per heavy atom. The molecule has 1 aromatic carbocycles. The average Bonchev–Trinajstić information content (AvgIpc) is 3.06. The number of benzene rings is 1. The zero-order valence-corrected chi connectivity index (χ0v) is 19.2. The van der Waals surface area contributed by atoms with Gasteiger partial charge in [-0.25, -0.2) is 9.97 Å². The van der Waals surface area contributed by atoms with Crippen LogP contribution in [0.15, 0.2) is 35.4 Å². The third-order valence-electron chi connectivity index (χ3n) is 6.05. The molecule has 5 rings (SSSR count). The first kappa shape index (κ1) is 20.6. The number of carbonyl (C=O) groups is 2. The van der Waals surface area contributed by atoms with E-state index < -0.39 is 0 Å². The molecular weight excluding hydrogens is 426 g/mol. The van der Waals surface area contributed by atoms with E-state index in [0.717, 1.165) is 53.2 Å². The second-order valence-electron chi connectivity index (χ2n) is 8.23. The molecule has 160 valence electrons. The van der Waals surface area contributed by atoms with Gasteiger partial charge < -0.3 is 0 Å². The first-order valence-corrected chi connectivity index (χ1v) is 12.7. The zero-order chi connectivity index (χ0) is 21.4. The van der Waals surface area contributed by atoms with Crippen molar-refractivity contribution in [1.82, 2.24) is 14.9 Å². The molecule has 2 amide bonds. The van der Waals surface area contributed by atoms with Crippen LogP contribution in [0.2, 0.25) is 0 Å². The number of nitrogens with zero attached hydrogens (tertiary/aromatic N) is 3. The number of likely N-dealkylation sites (tertiary alicyclic amines) is 1. The molecule has 5 nitrogen and oxygen atoms in total. The normalized spacial score (nSPS) is 19.3. The summed E-state index contributed by atoms with van der Waals surface area (Å²) in [6, 6.07) is 9.10. The number of fused-ring (bicyclic) bond motifs is 3. The lowest BCUT2D eigenvalue weighted by molar-refractivity contribution is -0.127. The number of carbonyl (C=O) groups excluding carboxylic acids is 2. The molecule has 1 fully saturated rings. The number of aromatic nitrogens is 2. The molecular formula is C24H25N3O2S2. The van der Waals surface area contributed by atoms with Gasteiger partial charge in [-0.2, -0.15) is 0 Å². The maximum absolute atomic E-state index is 13.5. The van der Waals surface area contributed by atoms with Gasteiger partial charge in [0.2, 0.25) is 5.91 Å². The highest BCUT2D eigenvalue weighted by molar-refractivity contribution is 8.00. The van der Waals surface area contributed by atoms with E-state index in [1.54, 1.807) is 23.5 Å². The molecule has 0 saturated carbocycles. The minimum atomic E-state index is -0.299.